The first-order valence-corrected chi connectivity index (χ1v) is 16.1. The number of fused-ring (bicyclic) bond motifs is 10. The molecule has 0 N–H and O–H groups in total. The Hall–Kier alpha value is -6.00. The highest BCUT2D eigenvalue weighted by Gasteiger charge is 2.40. The van der Waals surface area contributed by atoms with Gasteiger partial charge in [0.05, 0.1) is 22.4 Å². The number of benzene rings is 6. The van der Waals surface area contributed by atoms with Gasteiger partial charge in [0.25, 0.3) is 0 Å². The number of para-hydroxylation sites is 2. The van der Waals surface area contributed by atoms with E-state index in [0.717, 1.165) is 67.0 Å². The molecule has 222 valence electrons. The lowest BCUT2D eigenvalue weighted by molar-refractivity contribution is 0.658. The van der Waals surface area contributed by atoms with Gasteiger partial charge in [-0.25, -0.2) is 9.97 Å². The number of hydrogen-bond donors (Lipinski definition) is 0. The van der Waals surface area contributed by atoms with Gasteiger partial charge in [-0.2, -0.15) is 0 Å². The monoisotopic (exact) mass is 603 g/mol. The molecule has 0 saturated carbocycles. The average Bonchev–Trinajstić information content (AvgIpc) is 3.74. The maximum absolute atomic E-state index is 6.31. The Morgan fingerprint density at radius 1 is 0.553 bits per heavy atom. The Morgan fingerprint density at radius 2 is 1.28 bits per heavy atom. The number of hydrogen-bond acceptors (Lipinski definition) is 3. The predicted molar refractivity (Wildman–Crippen MR) is 192 cm³/mol. The van der Waals surface area contributed by atoms with Gasteiger partial charge in [0.15, 0.2) is 5.82 Å². The van der Waals surface area contributed by atoms with Crippen LogP contribution >= 0.6 is 0 Å². The molecule has 0 bridgehead atoms. The molecule has 47 heavy (non-hydrogen) atoms. The molecule has 0 amide bonds. The summed E-state index contributed by atoms with van der Waals surface area (Å²) >= 11 is 0. The van der Waals surface area contributed by atoms with Gasteiger partial charge >= 0.3 is 0 Å². The molecule has 0 aliphatic heterocycles. The molecule has 4 heteroatoms. The zero-order chi connectivity index (χ0) is 31.3. The van der Waals surface area contributed by atoms with E-state index >= 15 is 0 Å². The molecule has 1 aliphatic carbocycles. The Bertz CT molecular complexity index is 2710. The molecule has 4 nitrogen and oxygen atoms in total. The van der Waals surface area contributed by atoms with Crippen molar-refractivity contribution in [2.24, 2.45) is 0 Å². The van der Waals surface area contributed by atoms with Crippen LogP contribution < -0.4 is 0 Å². The number of aromatic nitrogens is 3. The molecule has 6 aromatic carbocycles. The maximum Gasteiger partial charge on any atom is 0.160 e. The largest absolute Gasteiger partial charge is 0.456 e. The number of furan rings is 1. The first-order valence-electron chi connectivity index (χ1n) is 16.1. The van der Waals surface area contributed by atoms with Gasteiger partial charge in [-0.05, 0) is 42.0 Å². The highest BCUT2D eigenvalue weighted by molar-refractivity contribution is 6.27. The highest BCUT2D eigenvalue weighted by Crippen LogP contribution is 2.51. The van der Waals surface area contributed by atoms with Crippen LogP contribution in [0.4, 0.5) is 0 Å². The van der Waals surface area contributed by atoms with Crippen molar-refractivity contribution in [2.45, 2.75) is 19.3 Å². The SMILES string of the molecule is CC1(C)c2ccccc2-c2nc(-c3ccccc3)nc(-c3cccc(-n4c5ccccc5c5c6c(ccc54)oc4ccccc46)c3)c21. The third-order valence-electron chi connectivity index (χ3n) is 9.98. The second-order valence-corrected chi connectivity index (χ2v) is 13.0. The third-order valence-corrected chi connectivity index (χ3v) is 9.98. The van der Waals surface area contributed by atoms with Crippen LogP contribution in [0.1, 0.15) is 25.0 Å². The van der Waals surface area contributed by atoms with Crippen LogP contribution in [0.3, 0.4) is 0 Å². The number of rotatable bonds is 3. The second-order valence-electron chi connectivity index (χ2n) is 13.0. The molecule has 0 atom stereocenters. The van der Waals surface area contributed by atoms with Gasteiger partial charge in [-0.3, -0.25) is 0 Å². The molecule has 3 aromatic heterocycles. The van der Waals surface area contributed by atoms with Crippen molar-refractivity contribution in [3.8, 4) is 39.6 Å². The Labute approximate surface area is 271 Å². The van der Waals surface area contributed by atoms with Crippen LogP contribution in [-0.4, -0.2) is 14.5 Å². The van der Waals surface area contributed by atoms with Crippen molar-refractivity contribution in [3.63, 3.8) is 0 Å². The van der Waals surface area contributed by atoms with Crippen molar-refractivity contribution in [3.05, 3.63) is 151 Å². The highest BCUT2D eigenvalue weighted by atomic mass is 16.3. The van der Waals surface area contributed by atoms with E-state index in [1.807, 2.05) is 30.3 Å². The van der Waals surface area contributed by atoms with Crippen LogP contribution in [0.2, 0.25) is 0 Å². The van der Waals surface area contributed by atoms with Gasteiger partial charge in [0, 0.05) is 54.9 Å². The van der Waals surface area contributed by atoms with E-state index in [2.05, 4.69) is 128 Å². The van der Waals surface area contributed by atoms with Gasteiger partial charge in [-0.1, -0.05) is 117 Å². The first-order chi connectivity index (χ1) is 23.1. The van der Waals surface area contributed by atoms with Crippen molar-refractivity contribution >= 4 is 43.7 Å². The summed E-state index contributed by atoms with van der Waals surface area (Å²) in [5, 5.41) is 4.71. The molecular formula is C43H29N3O. The fourth-order valence-electron chi connectivity index (χ4n) is 7.89. The van der Waals surface area contributed by atoms with Crippen LogP contribution in [0.25, 0.3) is 83.3 Å². The van der Waals surface area contributed by atoms with Gasteiger partial charge < -0.3 is 8.98 Å². The van der Waals surface area contributed by atoms with E-state index in [1.165, 1.54) is 27.5 Å². The Kier molecular flexibility index (Phi) is 5.31. The summed E-state index contributed by atoms with van der Waals surface area (Å²) in [4.78, 5) is 10.6. The molecule has 0 saturated heterocycles. The summed E-state index contributed by atoms with van der Waals surface area (Å²) < 4.78 is 8.70. The van der Waals surface area contributed by atoms with Crippen LogP contribution in [0, 0.1) is 0 Å². The fourth-order valence-corrected chi connectivity index (χ4v) is 7.89. The minimum atomic E-state index is -0.257. The fraction of sp³-hybridized carbons (Fsp3) is 0.0698. The van der Waals surface area contributed by atoms with Crippen LogP contribution in [0.5, 0.6) is 0 Å². The first kappa shape index (κ1) is 26.2. The predicted octanol–water partition coefficient (Wildman–Crippen LogP) is 11.1. The van der Waals surface area contributed by atoms with E-state index in [0.29, 0.717) is 0 Å². The smallest absolute Gasteiger partial charge is 0.160 e. The van der Waals surface area contributed by atoms with Crippen molar-refractivity contribution < 1.29 is 4.42 Å². The van der Waals surface area contributed by atoms with Crippen LogP contribution in [-0.2, 0) is 5.41 Å². The topological polar surface area (TPSA) is 43.9 Å². The third kappa shape index (κ3) is 3.64. The van der Waals surface area contributed by atoms with Crippen molar-refractivity contribution in [1.82, 2.24) is 14.5 Å². The summed E-state index contributed by atoms with van der Waals surface area (Å²) in [5.74, 6) is 0.739. The summed E-state index contributed by atoms with van der Waals surface area (Å²) in [7, 11) is 0. The lowest BCUT2D eigenvalue weighted by Gasteiger charge is -2.24. The minimum absolute atomic E-state index is 0.257. The molecular weight excluding hydrogens is 574 g/mol. The maximum atomic E-state index is 6.31. The normalized spacial score (nSPS) is 13.5. The lowest BCUT2D eigenvalue weighted by atomic mass is 9.81. The summed E-state index contributed by atoms with van der Waals surface area (Å²) in [5.41, 5.74) is 12.6. The zero-order valence-corrected chi connectivity index (χ0v) is 26.0. The standard InChI is InChI=1S/C43H29N3O/c1-43(2)32-20-9-6-17-29(32)41-39(43)40(44-42(45-41)26-13-4-3-5-14-26)27-15-12-16-28(25-27)46-33-21-10-7-18-30(33)37-34(46)23-24-36-38(37)31-19-8-11-22-35(31)47-36/h3-25H,1-2H3. The van der Waals surface area contributed by atoms with E-state index in [-0.39, 0.29) is 5.41 Å². The lowest BCUT2D eigenvalue weighted by Crippen LogP contribution is -2.17. The van der Waals surface area contributed by atoms with E-state index in [4.69, 9.17) is 14.4 Å². The Morgan fingerprint density at radius 3 is 2.17 bits per heavy atom. The molecule has 0 unspecified atom stereocenters. The molecule has 3 heterocycles. The molecule has 0 spiro atoms. The van der Waals surface area contributed by atoms with Crippen molar-refractivity contribution in [1.29, 1.82) is 0 Å². The molecule has 10 rings (SSSR count). The zero-order valence-electron chi connectivity index (χ0n) is 26.0. The average molecular weight is 604 g/mol. The number of nitrogens with zero attached hydrogens (tertiary/aromatic N) is 3. The van der Waals surface area contributed by atoms with E-state index in [1.54, 1.807) is 0 Å². The molecule has 0 fully saturated rings. The molecule has 9 aromatic rings. The quantitative estimate of drug-likeness (QED) is 0.202. The van der Waals surface area contributed by atoms with E-state index in [9.17, 15) is 0 Å². The molecule has 0 radical (unpaired) electrons. The minimum Gasteiger partial charge on any atom is -0.456 e. The Balaban J connectivity index is 1.26. The van der Waals surface area contributed by atoms with Crippen LogP contribution in [0.15, 0.2) is 144 Å². The van der Waals surface area contributed by atoms with E-state index < -0.39 is 0 Å². The molecule has 1 aliphatic rings. The van der Waals surface area contributed by atoms with Gasteiger partial charge in [0.1, 0.15) is 11.2 Å². The van der Waals surface area contributed by atoms with Gasteiger partial charge in [0.2, 0.25) is 0 Å². The summed E-state index contributed by atoms with van der Waals surface area (Å²) in [6.07, 6.45) is 0. The summed E-state index contributed by atoms with van der Waals surface area (Å²) in [6, 6.07) is 49.1. The summed E-state index contributed by atoms with van der Waals surface area (Å²) in [6.45, 7) is 4.59. The second kappa shape index (κ2) is 9.51. The van der Waals surface area contributed by atoms with Crippen molar-refractivity contribution in [2.75, 3.05) is 0 Å². The van der Waals surface area contributed by atoms with Gasteiger partial charge in [-0.15, -0.1) is 0 Å².